The summed E-state index contributed by atoms with van der Waals surface area (Å²) in [4.78, 5) is 15.9. The zero-order valence-electron chi connectivity index (χ0n) is 10.1. The van der Waals surface area contributed by atoms with Gasteiger partial charge in [0.2, 0.25) is 0 Å². The predicted molar refractivity (Wildman–Crippen MR) is 80.8 cm³/mol. The van der Waals surface area contributed by atoms with Crippen LogP contribution < -0.4 is 10.6 Å². The highest BCUT2D eigenvalue weighted by molar-refractivity contribution is 9.10. The van der Waals surface area contributed by atoms with Gasteiger partial charge < -0.3 is 5.32 Å². The fraction of sp³-hybridized carbons (Fsp3) is 0.0769. The van der Waals surface area contributed by atoms with Crippen LogP contribution in [0, 0.1) is 6.92 Å². The van der Waals surface area contributed by atoms with E-state index in [0.717, 1.165) is 10.0 Å². The molecule has 0 bridgehead atoms. The summed E-state index contributed by atoms with van der Waals surface area (Å²) in [5.74, 6) is 0.522. The van der Waals surface area contributed by atoms with Gasteiger partial charge in [-0.2, -0.15) is 0 Å². The standard InChI is InChI=1S/C13H11BrClN3O/c1-8-3-2-6-16-12(8)18-13(19)17-11-5-4-9(14)7-10(11)15/h2-7H,1H3,(H2,16,17,18,19). The number of nitrogens with zero attached hydrogens (tertiary/aromatic N) is 1. The van der Waals surface area contributed by atoms with Crippen molar-refractivity contribution in [1.82, 2.24) is 4.98 Å². The molecule has 6 heteroatoms. The first-order valence-corrected chi connectivity index (χ1v) is 6.68. The minimum Gasteiger partial charge on any atom is -0.306 e. The van der Waals surface area contributed by atoms with Crippen LogP contribution in [0.5, 0.6) is 0 Å². The van der Waals surface area contributed by atoms with Crippen molar-refractivity contribution in [1.29, 1.82) is 0 Å². The van der Waals surface area contributed by atoms with Gasteiger partial charge in [0.25, 0.3) is 0 Å². The maximum absolute atomic E-state index is 11.8. The molecule has 19 heavy (non-hydrogen) atoms. The Hall–Kier alpha value is -1.59. The Morgan fingerprint density at radius 3 is 2.79 bits per heavy atom. The van der Waals surface area contributed by atoms with Crippen LogP contribution in [0.15, 0.2) is 41.0 Å². The third-order valence-corrected chi connectivity index (χ3v) is 3.23. The first-order chi connectivity index (χ1) is 9.06. The quantitative estimate of drug-likeness (QED) is 0.848. The molecule has 2 aromatic rings. The molecule has 0 spiro atoms. The van der Waals surface area contributed by atoms with Crippen LogP contribution in [0.4, 0.5) is 16.3 Å². The second-order valence-electron chi connectivity index (χ2n) is 3.87. The molecule has 98 valence electrons. The molecule has 4 nitrogen and oxygen atoms in total. The van der Waals surface area contributed by atoms with Gasteiger partial charge in [0.1, 0.15) is 5.82 Å². The number of amides is 2. The molecule has 1 aromatic carbocycles. The normalized spacial score (nSPS) is 10.1. The van der Waals surface area contributed by atoms with Crippen molar-refractivity contribution in [2.75, 3.05) is 10.6 Å². The SMILES string of the molecule is Cc1cccnc1NC(=O)Nc1ccc(Br)cc1Cl. The zero-order chi connectivity index (χ0) is 13.8. The highest BCUT2D eigenvalue weighted by atomic mass is 79.9. The van der Waals surface area contributed by atoms with E-state index in [1.807, 2.05) is 19.1 Å². The van der Waals surface area contributed by atoms with Crippen LogP contribution in [-0.2, 0) is 0 Å². The van der Waals surface area contributed by atoms with E-state index in [2.05, 4.69) is 31.5 Å². The van der Waals surface area contributed by atoms with Crippen molar-refractivity contribution in [3.63, 3.8) is 0 Å². The molecule has 0 atom stereocenters. The van der Waals surface area contributed by atoms with E-state index < -0.39 is 0 Å². The molecule has 2 amide bonds. The third-order valence-electron chi connectivity index (χ3n) is 2.42. The molecule has 0 saturated heterocycles. The number of hydrogen-bond donors (Lipinski definition) is 2. The fourth-order valence-corrected chi connectivity index (χ4v) is 2.19. The third kappa shape index (κ3) is 3.68. The van der Waals surface area contributed by atoms with Crippen LogP contribution in [0.2, 0.25) is 5.02 Å². The molecule has 1 aromatic heterocycles. The molecule has 2 rings (SSSR count). The number of benzene rings is 1. The first kappa shape index (κ1) is 13.8. The van der Waals surface area contributed by atoms with Crippen molar-refractivity contribution < 1.29 is 4.79 Å². The highest BCUT2D eigenvalue weighted by Gasteiger charge is 2.08. The van der Waals surface area contributed by atoms with Gasteiger partial charge in [0.05, 0.1) is 10.7 Å². The second kappa shape index (κ2) is 6.04. The van der Waals surface area contributed by atoms with Crippen molar-refractivity contribution in [3.05, 3.63) is 51.6 Å². The maximum atomic E-state index is 11.8. The Kier molecular flexibility index (Phi) is 4.39. The summed E-state index contributed by atoms with van der Waals surface area (Å²) in [5.41, 5.74) is 1.43. The second-order valence-corrected chi connectivity index (χ2v) is 5.20. The van der Waals surface area contributed by atoms with Crippen molar-refractivity contribution in [2.24, 2.45) is 0 Å². The molecule has 0 fully saturated rings. The topological polar surface area (TPSA) is 54.0 Å². The van der Waals surface area contributed by atoms with Crippen molar-refractivity contribution in [2.45, 2.75) is 6.92 Å². The molecule has 0 radical (unpaired) electrons. The van der Waals surface area contributed by atoms with E-state index in [9.17, 15) is 4.79 Å². The number of aromatic nitrogens is 1. The van der Waals surface area contributed by atoms with Crippen molar-refractivity contribution >= 4 is 45.1 Å². The Morgan fingerprint density at radius 2 is 2.11 bits per heavy atom. The lowest BCUT2D eigenvalue weighted by molar-refractivity contribution is 0.262. The van der Waals surface area contributed by atoms with Gasteiger partial charge in [0.15, 0.2) is 0 Å². The van der Waals surface area contributed by atoms with Gasteiger partial charge in [-0.15, -0.1) is 0 Å². The Labute approximate surface area is 124 Å². The number of hydrogen-bond acceptors (Lipinski definition) is 2. The van der Waals surface area contributed by atoms with Gasteiger partial charge >= 0.3 is 6.03 Å². The highest BCUT2D eigenvalue weighted by Crippen LogP contribution is 2.25. The number of halogens is 2. The lowest BCUT2D eigenvalue weighted by Crippen LogP contribution is -2.20. The zero-order valence-corrected chi connectivity index (χ0v) is 12.4. The summed E-state index contributed by atoms with van der Waals surface area (Å²) < 4.78 is 0.851. The summed E-state index contributed by atoms with van der Waals surface area (Å²) in [7, 11) is 0. The molecule has 2 N–H and O–H groups in total. The number of carbonyl (C=O) groups is 1. The largest absolute Gasteiger partial charge is 0.324 e. The Morgan fingerprint density at radius 1 is 1.32 bits per heavy atom. The van der Waals surface area contributed by atoms with Crippen LogP contribution >= 0.6 is 27.5 Å². The number of pyridine rings is 1. The lowest BCUT2D eigenvalue weighted by atomic mass is 10.3. The summed E-state index contributed by atoms with van der Waals surface area (Å²) >= 11 is 9.32. The summed E-state index contributed by atoms with van der Waals surface area (Å²) in [6.07, 6.45) is 1.62. The minimum atomic E-state index is -0.383. The smallest absolute Gasteiger partial charge is 0.306 e. The summed E-state index contributed by atoms with van der Waals surface area (Å²) in [6.45, 7) is 1.87. The molecular weight excluding hydrogens is 330 g/mol. The van der Waals surface area contributed by atoms with E-state index in [1.165, 1.54) is 0 Å². The van der Waals surface area contributed by atoms with Crippen LogP contribution in [0.1, 0.15) is 5.56 Å². The molecular formula is C13H11BrClN3O. The average Bonchev–Trinajstić information content (AvgIpc) is 2.36. The van der Waals surface area contributed by atoms with Gasteiger partial charge in [-0.1, -0.05) is 33.6 Å². The van der Waals surface area contributed by atoms with Gasteiger partial charge in [-0.3, -0.25) is 5.32 Å². The molecule has 0 aliphatic carbocycles. The maximum Gasteiger partial charge on any atom is 0.324 e. The van der Waals surface area contributed by atoms with Gasteiger partial charge in [0, 0.05) is 10.7 Å². The number of nitrogens with one attached hydrogen (secondary N) is 2. The Balaban J connectivity index is 2.08. The van der Waals surface area contributed by atoms with E-state index in [0.29, 0.717) is 16.5 Å². The van der Waals surface area contributed by atoms with Crippen molar-refractivity contribution in [3.8, 4) is 0 Å². The number of urea groups is 1. The van der Waals surface area contributed by atoms with Crippen LogP contribution in [0.25, 0.3) is 0 Å². The van der Waals surface area contributed by atoms with Crippen LogP contribution in [-0.4, -0.2) is 11.0 Å². The van der Waals surface area contributed by atoms with E-state index in [4.69, 9.17) is 11.6 Å². The Bertz CT molecular complexity index is 619. The molecule has 0 aliphatic rings. The minimum absolute atomic E-state index is 0.383. The first-order valence-electron chi connectivity index (χ1n) is 5.51. The number of aryl methyl sites for hydroxylation is 1. The van der Waals surface area contributed by atoms with Gasteiger partial charge in [-0.25, -0.2) is 9.78 Å². The van der Waals surface area contributed by atoms with E-state index in [1.54, 1.807) is 24.4 Å². The molecule has 0 unspecified atom stereocenters. The fourth-order valence-electron chi connectivity index (χ4n) is 1.47. The average molecular weight is 341 g/mol. The predicted octanol–water partition coefficient (Wildman–Crippen LogP) is 4.45. The van der Waals surface area contributed by atoms with E-state index >= 15 is 0 Å². The lowest BCUT2D eigenvalue weighted by Gasteiger charge is -2.10. The number of rotatable bonds is 2. The molecule has 0 saturated carbocycles. The summed E-state index contributed by atoms with van der Waals surface area (Å²) in [5, 5.41) is 5.80. The molecule has 1 heterocycles. The summed E-state index contributed by atoms with van der Waals surface area (Å²) in [6, 6.07) is 8.53. The number of anilines is 2. The number of carbonyl (C=O) groups excluding carboxylic acids is 1. The van der Waals surface area contributed by atoms with Gasteiger partial charge in [-0.05, 0) is 36.8 Å². The van der Waals surface area contributed by atoms with Crippen LogP contribution in [0.3, 0.4) is 0 Å². The monoisotopic (exact) mass is 339 g/mol. The van der Waals surface area contributed by atoms with E-state index in [-0.39, 0.29) is 6.03 Å². The molecule has 0 aliphatic heterocycles.